The van der Waals surface area contributed by atoms with Crippen LogP contribution < -0.4 is 10.5 Å². The molecule has 1 heterocycles. The molecule has 2 N–H and O–H groups in total. The standard InChI is InChI=1S/C18H24N2O/c1-2-13-6-5-7-15(10-13)21-18-17-9-4-3-8-16(17)14(11-19)12-20-18/h3-4,8-9,12-13,15H,2,5-7,10-11,19H2,1H3. The van der Waals surface area contributed by atoms with Gasteiger partial charge in [0.2, 0.25) is 5.88 Å². The number of pyridine rings is 1. The first-order valence-electron chi connectivity index (χ1n) is 8.05. The minimum atomic E-state index is 0.309. The number of aromatic nitrogens is 1. The molecule has 1 fully saturated rings. The van der Waals surface area contributed by atoms with E-state index in [-0.39, 0.29) is 0 Å². The number of benzene rings is 1. The highest BCUT2D eigenvalue weighted by molar-refractivity contribution is 5.89. The lowest BCUT2D eigenvalue weighted by Crippen LogP contribution is -2.25. The Morgan fingerprint density at radius 1 is 1.24 bits per heavy atom. The Bertz CT molecular complexity index is 611. The Labute approximate surface area is 126 Å². The molecule has 2 aromatic rings. The Hall–Kier alpha value is -1.61. The second-order valence-corrected chi connectivity index (χ2v) is 6.02. The number of hydrogen-bond donors (Lipinski definition) is 1. The molecule has 0 amide bonds. The van der Waals surface area contributed by atoms with Gasteiger partial charge in [0, 0.05) is 18.1 Å². The highest BCUT2D eigenvalue weighted by atomic mass is 16.5. The molecule has 0 saturated heterocycles. The smallest absolute Gasteiger partial charge is 0.221 e. The first-order chi connectivity index (χ1) is 10.3. The summed E-state index contributed by atoms with van der Waals surface area (Å²) < 4.78 is 6.25. The molecule has 0 bridgehead atoms. The van der Waals surface area contributed by atoms with Crippen molar-refractivity contribution in [2.75, 3.05) is 0 Å². The molecule has 21 heavy (non-hydrogen) atoms. The van der Waals surface area contributed by atoms with Crippen molar-refractivity contribution < 1.29 is 4.74 Å². The van der Waals surface area contributed by atoms with Crippen molar-refractivity contribution in [3.8, 4) is 5.88 Å². The van der Waals surface area contributed by atoms with Gasteiger partial charge in [-0.2, -0.15) is 0 Å². The van der Waals surface area contributed by atoms with Crippen LogP contribution in [0.1, 0.15) is 44.6 Å². The van der Waals surface area contributed by atoms with Gasteiger partial charge in [-0.25, -0.2) is 4.98 Å². The molecule has 1 saturated carbocycles. The Morgan fingerprint density at radius 2 is 2.05 bits per heavy atom. The molecule has 2 unspecified atom stereocenters. The molecule has 0 spiro atoms. The highest BCUT2D eigenvalue weighted by Crippen LogP contribution is 2.32. The predicted octanol–water partition coefficient (Wildman–Crippen LogP) is 4.04. The summed E-state index contributed by atoms with van der Waals surface area (Å²) in [5.41, 5.74) is 6.88. The minimum absolute atomic E-state index is 0.309. The second kappa shape index (κ2) is 6.44. The molecule has 1 aliphatic carbocycles. The van der Waals surface area contributed by atoms with Gasteiger partial charge >= 0.3 is 0 Å². The summed E-state index contributed by atoms with van der Waals surface area (Å²) in [5.74, 6) is 1.57. The lowest BCUT2D eigenvalue weighted by Gasteiger charge is -2.29. The number of nitrogens with zero attached hydrogens (tertiary/aromatic N) is 1. The first kappa shape index (κ1) is 14.3. The maximum Gasteiger partial charge on any atom is 0.221 e. The van der Waals surface area contributed by atoms with Crippen LogP contribution in [-0.2, 0) is 6.54 Å². The van der Waals surface area contributed by atoms with Crippen LogP contribution in [0.3, 0.4) is 0 Å². The van der Waals surface area contributed by atoms with E-state index >= 15 is 0 Å². The quantitative estimate of drug-likeness (QED) is 0.921. The van der Waals surface area contributed by atoms with E-state index in [2.05, 4.69) is 24.0 Å². The second-order valence-electron chi connectivity index (χ2n) is 6.02. The normalized spacial score (nSPS) is 22.4. The van der Waals surface area contributed by atoms with Crippen LogP contribution in [0.4, 0.5) is 0 Å². The summed E-state index contributed by atoms with van der Waals surface area (Å²) in [6.45, 7) is 2.78. The van der Waals surface area contributed by atoms with Gasteiger partial charge in [0.25, 0.3) is 0 Å². The summed E-state index contributed by atoms with van der Waals surface area (Å²) in [5, 5.41) is 2.24. The van der Waals surface area contributed by atoms with Crippen molar-refractivity contribution in [1.82, 2.24) is 4.98 Å². The topological polar surface area (TPSA) is 48.1 Å². The lowest BCUT2D eigenvalue weighted by molar-refractivity contribution is 0.119. The third kappa shape index (κ3) is 3.03. The van der Waals surface area contributed by atoms with Crippen molar-refractivity contribution in [2.24, 2.45) is 11.7 Å². The van der Waals surface area contributed by atoms with Gasteiger partial charge in [0.05, 0.1) is 0 Å². The SMILES string of the molecule is CCC1CCCC(Oc2ncc(CN)c3ccccc23)C1. The van der Waals surface area contributed by atoms with Crippen LogP contribution >= 0.6 is 0 Å². The van der Waals surface area contributed by atoms with Crippen molar-refractivity contribution in [2.45, 2.75) is 51.7 Å². The zero-order valence-electron chi connectivity index (χ0n) is 12.7. The van der Waals surface area contributed by atoms with E-state index < -0.39 is 0 Å². The molecule has 0 aliphatic heterocycles. The van der Waals surface area contributed by atoms with E-state index in [4.69, 9.17) is 10.5 Å². The fourth-order valence-electron chi connectivity index (χ4n) is 3.36. The van der Waals surface area contributed by atoms with Crippen LogP contribution in [0.25, 0.3) is 10.8 Å². The van der Waals surface area contributed by atoms with E-state index in [0.29, 0.717) is 12.6 Å². The molecule has 3 rings (SSSR count). The molecule has 3 nitrogen and oxygen atoms in total. The van der Waals surface area contributed by atoms with Gasteiger partial charge in [-0.15, -0.1) is 0 Å². The number of hydrogen-bond acceptors (Lipinski definition) is 3. The van der Waals surface area contributed by atoms with E-state index in [1.54, 1.807) is 0 Å². The number of ether oxygens (including phenoxy) is 1. The van der Waals surface area contributed by atoms with Gasteiger partial charge in [-0.1, -0.05) is 38.0 Å². The highest BCUT2D eigenvalue weighted by Gasteiger charge is 2.23. The van der Waals surface area contributed by atoms with Crippen LogP contribution in [-0.4, -0.2) is 11.1 Å². The first-order valence-corrected chi connectivity index (χ1v) is 8.05. The summed E-state index contributed by atoms with van der Waals surface area (Å²) in [6.07, 6.45) is 8.33. The van der Waals surface area contributed by atoms with Gasteiger partial charge < -0.3 is 10.5 Å². The molecule has 0 radical (unpaired) electrons. The van der Waals surface area contributed by atoms with E-state index in [0.717, 1.165) is 41.0 Å². The van der Waals surface area contributed by atoms with Crippen molar-refractivity contribution >= 4 is 10.8 Å². The van der Waals surface area contributed by atoms with Gasteiger partial charge in [0.1, 0.15) is 6.10 Å². The summed E-state index contributed by atoms with van der Waals surface area (Å²) in [6, 6.07) is 8.25. The van der Waals surface area contributed by atoms with Crippen LogP contribution in [0, 0.1) is 5.92 Å². The Kier molecular flexibility index (Phi) is 4.39. The van der Waals surface area contributed by atoms with Crippen molar-refractivity contribution in [3.05, 3.63) is 36.0 Å². The molecule has 1 aromatic carbocycles. The van der Waals surface area contributed by atoms with E-state index in [1.807, 2.05) is 18.3 Å². The zero-order chi connectivity index (χ0) is 14.7. The monoisotopic (exact) mass is 284 g/mol. The summed E-state index contributed by atoms with van der Waals surface area (Å²) in [7, 11) is 0. The van der Waals surface area contributed by atoms with Gasteiger partial charge in [-0.3, -0.25) is 0 Å². The fraction of sp³-hybridized carbons (Fsp3) is 0.500. The van der Waals surface area contributed by atoms with Crippen LogP contribution in [0.15, 0.2) is 30.5 Å². The largest absolute Gasteiger partial charge is 0.474 e. The molecule has 1 aromatic heterocycles. The van der Waals surface area contributed by atoms with E-state index in [1.165, 1.54) is 19.3 Å². The average molecular weight is 284 g/mol. The van der Waals surface area contributed by atoms with Crippen LogP contribution in [0.5, 0.6) is 5.88 Å². The molecule has 2 atom stereocenters. The van der Waals surface area contributed by atoms with Crippen LogP contribution in [0.2, 0.25) is 0 Å². The molecule has 1 aliphatic rings. The maximum atomic E-state index is 6.25. The minimum Gasteiger partial charge on any atom is -0.474 e. The Balaban J connectivity index is 1.87. The van der Waals surface area contributed by atoms with Crippen molar-refractivity contribution in [3.63, 3.8) is 0 Å². The third-order valence-corrected chi connectivity index (χ3v) is 4.65. The lowest BCUT2D eigenvalue weighted by atomic mass is 9.85. The third-order valence-electron chi connectivity index (χ3n) is 4.65. The van der Waals surface area contributed by atoms with Crippen molar-refractivity contribution in [1.29, 1.82) is 0 Å². The predicted molar refractivity (Wildman–Crippen MR) is 86.3 cm³/mol. The van der Waals surface area contributed by atoms with E-state index in [9.17, 15) is 0 Å². The summed E-state index contributed by atoms with van der Waals surface area (Å²) in [4.78, 5) is 4.52. The fourth-order valence-corrected chi connectivity index (χ4v) is 3.36. The molecule has 112 valence electrons. The number of rotatable bonds is 4. The summed E-state index contributed by atoms with van der Waals surface area (Å²) >= 11 is 0. The number of fused-ring (bicyclic) bond motifs is 1. The molecular weight excluding hydrogens is 260 g/mol. The average Bonchev–Trinajstić information content (AvgIpc) is 2.55. The number of nitrogens with two attached hydrogens (primary N) is 1. The maximum absolute atomic E-state index is 6.25. The van der Waals surface area contributed by atoms with Gasteiger partial charge in [-0.05, 0) is 42.2 Å². The zero-order valence-corrected chi connectivity index (χ0v) is 12.7. The molecule has 3 heteroatoms. The Morgan fingerprint density at radius 3 is 2.81 bits per heavy atom. The van der Waals surface area contributed by atoms with Gasteiger partial charge in [0.15, 0.2) is 0 Å². The molecular formula is C18H24N2O.